The highest BCUT2D eigenvalue weighted by Crippen LogP contribution is 2.32. The molecule has 2 aromatic carbocycles. The molecule has 4 rings (SSSR count). The van der Waals surface area contributed by atoms with Gasteiger partial charge in [-0.3, -0.25) is 4.79 Å². The number of benzene rings is 2. The van der Waals surface area contributed by atoms with E-state index in [1.807, 2.05) is 61.9 Å². The lowest BCUT2D eigenvalue weighted by molar-refractivity contribution is -0.121. The monoisotopic (exact) mass is 486 g/mol. The van der Waals surface area contributed by atoms with Crippen molar-refractivity contribution in [1.82, 2.24) is 20.1 Å². The molecule has 7 nitrogen and oxygen atoms in total. The first kappa shape index (κ1) is 25.2. The zero-order valence-electron chi connectivity index (χ0n) is 21.7. The molecular formula is C29H34N4O3. The van der Waals surface area contributed by atoms with Crippen LogP contribution in [-0.4, -0.2) is 33.9 Å². The van der Waals surface area contributed by atoms with Gasteiger partial charge in [-0.15, -0.1) is 0 Å². The van der Waals surface area contributed by atoms with Crippen LogP contribution in [0.5, 0.6) is 11.6 Å². The van der Waals surface area contributed by atoms with Crippen molar-refractivity contribution in [2.75, 3.05) is 13.2 Å². The number of carbonyl (C=O) groups excluding carboxylic acids is 1. The first-order chi connectivity index (χ1) is 17.4. The number of pyridine rings is 1. The van der Waals surface area contributed by atoms with Gasteiger partial charge in [0, 0.05) is 29.5 Å². The zero-order chi connectivity index (χ0) is 25.7. The zero-order valence-corrected chi connectivity index (χ0v) is 21.7. The molecule has 0 aliphatic heterocycles. The first-order valence-corrected chi connectivity index (χ1v) is 12.5. The molecule has 0 saturated heterocycles. The van der Waals surface area contributed by atoms with Gasteiger partial charge >= 0.3 is 0 Å². The van der Waals surface area contributed by atoms with E-state index in [0.29, 0.717) is 38.5 Å². The normalized spacial score (nSPS) is 11.0. The Kier molecular flexibility index (Phi) is 7.88. The smallest absolute Gasteiger partial charge is 0.220 e. The highest BCUT2D eigenvalue weighted by Gasteiger charge is 2.21. The second-order valence-corrected chi connectivity index (χ2v) is 8.81. The Bertz CT molecular complexity index is 1380. The molecule has 0 saturated carbocycles. The predicted octanol–water partition coefficient (Wildman–Crippen LogP) is 5.39. The van der Waals surface area contributed by atoms with Crippen LogP contribution in [0, 0.1) is 20.8 Å². The molecule has 0 spiro atoms. The summed E-state index contributed by atoms with van der Waals surface area (Å²) in [5.74, 6) is 1.33. The van der Waals surface area contributed by atoms with Crippen molar-refractivity contribution in [3.8, 4) is 17.3 Å². The molecule has 2 heterocycles. The van der Waals surface area contributed by atoms with Gasteiger partial charge in [0.25, 0.3) is 0 Å². The lowest BCUT2D eigenvalue weighted by atomic mass is 10.0. The van der Waals surface area contributed by atoms with Crippen LogP contribution in [0.3, 0.4) is 0 Å². The maximum atomic E-state index is 12.8. The van der Waals surface area contributed by atoms with Crippen molar-refractivity contribution >= 4 is 16.9 Å². The summed E-state index contributed by atoms with van der Waals surface area (Å²) >= 11 is 0. The molecule has 1 N–H and O–H groups in total. The second kappa shape index (κ2) is 11.2. The van der Waals surface area contributed by atoms with Gasteiger partial charge in [0.2, 0.25) is 11.8 Å². The van der Waals surface area contributed by atoms with Gasteiger partial charge in [-0.2, -0.15) is 10.1 Å². The van der Waals surface area contributed by atoms with Crippen molar-refractivity contribution < 1.29 is 14.3 Å². The minimum absolute atomic E-state index is 0.0320. The van der Waals surface area contributed by atoms with Crippen LogP contribution in [-0.2, 0) is 17.8 Å². The van der Waals surface area contributed by atoms with Crippen LogP contribution in [0.4, 0.5) is 0 Å². The Labute approximate surface area is 212 Å². The van der Waals surface area contributed by atoms with E-state index in [9.17, 15) is 4.79 Å². The largest absolute Gasteiger partial charge is 0.494 e. The van der Waals surface area contributed by atoms with Crippen molar-refractivity contribution in [3.63, 3.8) is 0 Å². The summed E-state index contributed by atoms with van der Waals surface area (Å²) in [4.78, 5) is 17.6. The molecule has 0 radical (unpaired) electrons. The Morgan fingerprint density at radius 3 is 2.53 bits per heavy atom. The molecule has 0 atom stereocenters. The van der Waals surface area contributed by atoms with Crippen molar-refractivity contribution in [1.29, 1.82) is 0 Å². The van der Waals surface area contributed by atoms with Crippen molar-refractivity contribution in [2.45, 2.75) is 54.0 Å². The number of nitrogens with one attached hydrogen (secondary N) is 1. The molecule has 2 aromatic heterocycles. The standard InChI is InChI=1S/C29H34N4O3/c1-6-35-25-14-9-8-12-22(25)18-30-26(34)16-15-24-20(4)27-21(5)32-33(23-13-10-11-19(3)17-23)28(27)31-29(24)36-7-2/h8-14,17H,6-7,15-16,18H2,1-5H3,(H,30,34). The minimum atomic E-state index is -0.0320. The van der Waals surface area contributed by atoms with E-state index in [0.717, 1.165) is 50.4 Å². The molecule has 188 valence electrons. The Morgan fingerprint density at radius 2 is 1.78 bits per heavy atom. The van der Waals surface area contributed by atoms with E-state index in [2.05, 4.69) is 31.3 Å². The summed E-state index contributed by atoms with van der Waals surface area (Å²) in [6.45, 7) is 11.5. The number of rotatable bonds is 10. The van der Waals surface area contributed by atoms with Gasteiger partial charge < -0.3 is 14.8 Å². The molecule has 7 heteroatoms. The number of hydrogen-bond donors (Lipinski definition) is 1. The highest BCUT2D eigenvalue weighted by atomic mass is 16.5. The van der Waals surface area contributed by atoms with Crippen LogP contribution >= 0.6 is 0 Å². The van der Waals surface area contributed by atoms with Gasteiger partial charge in [-0.1, -0.05) is 30.3 Å². The van der Waals surface area contributed by atoms with Crippen LogP contribution in [0.15, 0.2) is 48.5 Å². The summed E-state index contributed by atoms with van der Waals surface area (Å²) in [5, 5.41) is 8.82. The number of hydrogen-bond acceptors (Lipinski definition) is 5. The number of fused-ring (bicyclic) bond motifs is 1. The molecule has 0 unspecified atom stereocenters. The number of para-hydroxylation sites is 1. The van der Waals surface area contributed by atoms with Crippen LogP contribution in [0.1, 0.15) is 48.2 Å². The average Bonchev–Trinajstić information content (AvgIpc) is 3.20. The summed E-state index contributed by atoms with van der Waals surface area (Å²) in [6.07, 6.45) is 0.855. The minimum Gasteiger partial charge on any atom is -0.494 e. The maximum absolute atomic E-state index is 12.8. The maximum Gasteiger partial charge on any atom is 0.220 e. The van der Waals surface area contributed by atoms with E-state index < -0.39 is 0 Å². The lowest BCUT2D eigenvalue weighted by Crippen LogP contribution is -2.23. The van der Waals surface area contributed by atoms with Gasteiger partial charge in [0.05, 0.1) is 24.6 Å². The summed E-state index contributed by atoms with van der Waals surface area (Å²) in [5.41, 5.74) is 6.73. The fourth-order valence-corrected chi connectivity index (χ4v) is 4.49. The molecule has 0 aliphatic carbocycles. The van der Waals surface area contributed by atoms with Gasteiger partial charge in [-0.25, -0.2) is 4.68 Å². The van der Waals surface area contributed by atoms with E-state index >= 15 is 0 Å². The Morgan fingerprint density at radius 1 is 1.00 bits per heavy atom. The topological polar surface area (TPSA) is 78.3 Å². The van der Waals surface area contributed by atoms with Gasteiger partial charge in [0.15, 0.2) is 5.65 Å². The second-order valence-electron chi connectivity index (χ2n) is 8.81. The van der Waals surface area contributed by atoms with E-state index in [4.69, 9.17) is 19.6 Å². The quantitative estimate of drug-likeness (QED) is 0.325. The number of amides is 1. The third-order valence-corrected chi connectivity index (χ3v) is 6.21. The molecular weight excluding hydrogens is 452 g/mol. The number of nitrogens with zero attached hydrogens (tertiary/aromatic N) is 3. The first-order valence-electron chi connectivity index (χ1n) is 12.5. The molecule has 36 heavy (non-hydrogen) atoms. The van der Waals surface area contributed by atoms with Crippen molar-refractivity contribution in [3.05, 3.63) is 76.5 Å². The number of aromatic nitrogens is 3. The van der Waals surface area contributed by atoms with E-state index in [1.54, 1.807) is 0 Å². The lowest BCUT2D eigenvalue weighted by Gasteiger charge is -2.15. The molecule has 0 aliphatic rings. The van der Waals surface area contributed by atoms with Crippen LogP contribution in [0.2, 0.25) is 0 Å². The predicted molar refractivity (Wildman–Crippen MR) is 142 cm³/mol. The number of ether oxygens (including phenoxy) is 2. The van der Waals surface area contributed by atoms with Gasteiger partial charge in [-0.05, 0) is 70.4 Å². The fourth-order valence-electron chi connectivity index (χ4n) is 4.49. The van der Waals surface area contributed by atoms with E-state index in [-0.39, 0.29) is 5.91 Å². The fraction of sp³-hybridized carbons (Fsp3) is 0.345. The van der Waals surface area contributed by atoms with E-state index in [1.165, 1.54) is 0 Å². The average molecular weight is 487 g/mol. The third-order valence-electron chi connectivity index (χ3n) is 6.21. The molecule has 1 amide bonds. The Balaban J connectivity index is 1.57. The van der Waals surface area contributed by atoms with Crippen molar-refractivity contribution in [2.24, 2.45) is 0 Å². The molecule has 0 bridgehead atoms. The van der Waals surface area contributed by atoms with Gasteiger partial charge in [0.1, 0.15) is 5.75 Å². The highest BCUT2D eigenvalue weighted by molar-refractivity contribution is 5.86. The Hall–Kier alpha value is -3.87. The number of aryl methyl sites for hydroxylation is 3. The number of carbonyl (C=O) groups is 1. The molecule has 4 aromatic rings. The SMILES string of the molecule is CCOc1ccccc1CNC(=O)CCc1c(OCC)nc2c(c(C)nn2-c2cccc(C)c2)c1C. The summed E-state index contributed by atoms with van der Waals surface area (Å²) in [6, 6.07) is 16.0. The summed E-state index contributed by atoms with van der Waals surface area (Å²) < 4.78 is 13.5. The molecule has 0 fully saturated rings. The summed E-state index contributed by atoms with van der Waals surface area (Å²) in [7, 11) is 0. The van der Waals surface area contributed by atoms with Crippen LogP contribution < -0.4 is 14.8 Å². The third kappa shape index (κ3) is 5.35. The van der Waals surface area contributed by atoms with Crippen LogP contribution in [0.25, 0.3) is 16.7 Å².